The fourth-order valence-electron chi connectivity index (χ4n) is 3.73. The lowest BCUT2D eigenvalue weighted by Crippen LogP contribution is -2.44. The normalized spacial score (nSPS) is 13.3. The van der Waals surface area contributed by atoms with Gasteiger partial charge >= 0.3 is 17.9 Å². The van der Waals surface area contributed by atoms with E-state index in [-0.39, 0.29) is 55.6 Å². The molecule has 3 rings (SSSR count). The first kappa shape index (κ1) is 41.6. The Hall–Kier alpha value is -5.55. The van der Waals surface area contributed by atoms with E-state index >= 15 is 0 Å². The number of aromatic nitrogens is 2. The Balaban J connectivity index is 0.00000100. The van der Waals surface area contributed by atoms with E-state index in [0.29, 0.717) is 50.2 Å². The van der Waals surface area contributed by atoms with Gasteiger partial charge in [-0.25, -0.2) is 14.4 Å². The van der Waals surface area contributed by atoms with Crippen molar-refractivity contribution in [2.24, 2.45) is 0 Å². The molecule has 0 saturated carbocycles. The molecule has 1 atom stereocenters. The molecule has 0 radical (unpaired) electrons. The minimum Gasteiger partial charge on any atom is -0.491 e. The summed E-state index contributed by atoms with van der Waals surface area (Å²) < 4.78 is 36.7. The number of aliphatic carboxylic acids is 2. The summed E-state index contributed by atoms with van der Waals surface area (Å²) >= 11 is 1.01. The average molecular weight is 747 g/mol. The highest BCUT2D eigenvalue weighted by Crippen LogP contribution is 2.28. The van der Waals surface area contributed by atoms with Gasteiger partial charge in [-0.05, 0) is 32.9 Å². The fourth-order valence-corrected chi connectivity index (χ4v) is 4.25. The van der Waals surface area contributed by atoms with Crippen molar-refractivity contribution in [2.45, 2.75) is 32.4 Å². The number of esters is 1. The molecule has 23 heteroatoms. The number of hydrogen-bond donors (Lipinski definition) is 3. The molecule has 2 aromatic rings. The molecular formula is C28H38N6O16S. The largest absolute Gasteiger partial charge is 0.491 e. The first-order chi connectivity index (χ1) is 24.1. The third-order valence-electron chi connectivity index (χ3n) is 5.92. The number of morpholine rings is 1. The number of hydrogen-bond acceptors (Lipinski definition) is 19. The molecule has 1 saturated heterocycles. The zero-order valence-electron chi connectivity index (χ0n) is 27.8. The van der Waals surface area contributed by atoms with Crippen molar-refractivity contribution >= 4 is 35.5 Å². The van der Waals surface area contributed by atoms with Crippen LogP contribution in [0.1, 0.15) is 31.1 Å². The maximum Gasteiger partial charge on any atom is 0.342 e. The van der Waals surface area contributed by atoms with Crippen LogP contribution in [0.2, 0.25) is 0 Å². The Bertz CT molecular complexity index is 1460. The van der Waals surface area contributed by atoms with E-state index in [2.05, 4.69) is 23.7 Å². The van der Waals surface area contributed by atoms with Crippen LogP contribution in [0.5, 0.6) is 17.4 Å². The summed E-state index contributed by atoms with van der Waals surface area (Å²) in [5.41, 5.74) is -0.297. The lowest BCUT2D eigenvalue weighted by Gasteiger charge is -2.28. The molecule has 1 fully saturated rings. The molecule has 1 aromatic heterocycles. The number of carbonyl (C=O) groups is 3. The van der Waals surface area contributed by atoms with Gasteiger partial charge in [-0.1, -0.05) is 0 Å². The molecule has 1 aromatic carbocycles. The van der Waals surface area contributed by atoms with Crippen LogP contribution in [0.25, 0.3) is 0 Å². The van der Waals surface area contributed by atoms with E-state index < -0.39 is 40.8 Å². The second-order valence-electron chi connectivity index (χ2n) is 10.9. The van der Waals surface area contributed by atoms with Crippen LogP contribution >= 0.6 is 11.7 Å². The molecule has 0 amide bonds. The monoisotopic (exact) mass is 746 g/mol. The number of ether oxygens (including phenoxy) is 5. The predicted molar refractivity (Wildman–Crippen MR) is 173 cm³/mol. The van der Waals surface area contributed by atoms with E-state index in [4.69, 9.17) is 33.9 Å². The molecule has 1 aliphatic heterocycles. The van der Waals surface area contributed by atoms with E-state index in [1.54, 1.807) is 0 Å². The Kier molecular flexibility index (Phi) is 17.6. The number of nitrogens with zero attached hydrogens (tertiary/aromatic N) is 5. The van der Waals surface area contributed by atoms with E-state index in [1.807, 2.05) is 25.7 Å². The highest BCUT2D eigenvalue weighted by molar-refractivity contribution is 6.99. The fraction of sp³-hybridized carbons (Fsp3) is 0.536. The van der Waals surface area contributed by atoms with Gasteiger partial charge in [0.1, 0.15) is 56.2 Å². The standard InChI is InChI=1S/C24H34N6O12S.C4H4O4/c1-24(2,3)25-15-18(16-39-22-21(26-43-27-22)28-6-8-36-9-7-28)42-23(31)19-5-4-17(37-10-12-40-29(32)33)14-20(19)38-11-13-41-30(34)35;5-3(6)1-2-4(7)8/h4-5,14,18,25H,6-13,15-16H2,1-3H3;1-2H,(H,5,6)(H,7,8)/b;2-1-/t18-;/m0./s1. The Morgan fingerprint density at radius 2 is 1.59 bits per heavy atom. The van der Waals surface area contributed by atoms with Crippen LogP contribution in [-0.4, -0.2) is 125 Å². The molecule has 0 bridgehead atoms. The van der Waals surface area contributed by atoms with Crippen molar-refractivity contribution in [3.8, 4) is 17.4 Å². The number of benzene rings is 1. The number of anilines is 1. The third kappa shape index (κ3) is 17.6. The van der Waals surface area contributed by atoms with Gasteiger partial charge in [0.2, 0.25) is 5.82 Å². The van der Waals surface area contributed by atoms with Gasteiger partial charge < -0.3 is 53.8 Å². The summed E-state index contributed by atoms with van der Waals surface area (Å²) in [5.74, 6) is -2.17. The van der Waals surface area contributed by atoms with Crippen molar-refractivity contribution in [1.82, 2.24) is 14.1 Å². The summed E-state index contributed by atoms with van der Waals surface area (Å²) in [6.07, 6.45) is 0.344. The van der Waals surface area contributed by atoms with Crippen LogP contribution in [0.15, 0.2) is 30.4 Å². The zero-order valence-corrected chi connectivity index (χ0v) is 28.6. The topological polar surface area (TPSA) is 284 Å². The van der Waals surface area contributed by atoms with Gasteiger partial charge in [0.05, 0.1) is 24.9 Å². The Labute approximate surface area is 294 Å². The first-order valence-corrected chi connectivity index (χ1v) is 15.7. The second-order valence-corrected chi connectivity index (χ2v) is 11.5. The van der Waals surface area contributed by atoms with Crippen molar-refractivity contribution in [3.63, 3.8) is 0 Å². The minimum atomic E-state index is -1.26. The van der Waals surface area contributed by atoms with Gasteiger partial charge in [-0.2, -0.15) is 4.37 Å². The van der Waals surface area contributed by atoms with E-state index in [1.165, 1.54) is 18.2 Å². The predicted octanol–water partition coefficient (Wildman–Crippen LogP) is 1.25. The lowest BCUT2D eigenvalue weighted by molar-refractivity contribution is -0.757. The van der Waals surface area contributed by atoms with Gasteiger partial charge in [-0.3, -0.25) is 0 Å². The summed E-state index contributed by atoms with van der Waals surface area (Å²) in [5, 5.41) is 37.8. The number of nitrogens with one attached hydrogen (secondary N) is 1. The molecule has 51 heavy (non-hydrogen) atoms. The second kappa shape index (κ2) is 21.5. The number of carboxylic acids is 2. The van der Waals surface area contributed by atoms with Gasteiger partial charge in [0, 0.05) is 43.4 Å². The molecule has 0 spiro atoms. The van der Waals surface area contributed by atoms with E-state index in [9.17, 15) is 34.6 Å². The smallest absolute Gasteiger partial charge is 0.342 e. The lowest BCUT2D eigenvalue weighted by atomic mass is 10.1. The minimum absolute atomic E-state index is 0.0000778. The first-order valence-electron chi connectivity index (χ1n) is 15.0. The summed E-state index contributed by atoms with van der Waals surface area (Å²) in [6.45, 7) is 7.33. The molecule has 1 aliphatic rings. The highest BCUT2D eigenvalue weighted by atomic mass is 32.1. The number of carbonyl (C=O) groups excluding carboxylic acids is 1. The van der Waals surface area contributed by atoms with Crippen molar-refractivity contribution < 1.29 is 68.1 Å². The van der Waals surface area contributed by atoms with Gasteiger partial charge in [-0.15, -0.1) is 24.6 Å². The maximum atomic E-state index is 13.4. The van der Waals surface area contributed by atoms with Crippen molar-refractivity contribution in [3.05, 3.63) is 56.1 Å². The van der Waals surface area contributed by atoms with Gasteiger partial charge in [0.15, 0.2) is 0 Å². The van der Waals surface area contributed by atoms with Crippen molar-refractivity contribution in [2.75, 3.05) is 70.8 Å². The van der Waals surface area contributed by atoms with Crippen molar-refractivity contribution in [1.29, 1.82) is 0 Å². The van der Waals surface area contributed by atoms with Crippen LogP contribution in [-0.2, 0) is 28.7 Å². The molecule has 282 valence electrons. The third-order valence-corrected chi connectivity index (χ3v) is 6.42. The Morgan fingerprint density at radius 1 is 0.980 bits per heavy atom. The van der Waals surface area contributed by atoms with E-state index in [0.717, 1.165) is 11.7 Å². The SMILES string of the molecule is CC(C)(C)NC[C@@H](COc1nsnc1N1CCOCC1)OC(=O)c1ccc(OCCO[N+](=O)[O-])cc1OCCO[N+](=O)[O-].O=C(O)/C=C\C(=O)O. The average Bonchev–Trinajstić information content (AvgIpc) is 3.54. The van der Waals surface area contributed by atoms with Crippen LogP contribution < -0.4 is 24.4 Å². The molecule has 0 aliphatic carbocycles. The quantitative estimate of drug-likeness (QED) is 0.0565. The Morgan fingerprint density at radius 3 is 2.16 bits per heavy atom. The number of rotatable bonds is 20. The molecule has 22 nitrogen and oxygen atoms in total. The summed E-state index contributed by atoms with van der Waals surface area (Å²) in [7, 11) is 0. The summed E-state index contributed by atoms with van der Waals surface area (Å²) in [4.78, 5) is 63.8. The zero-order chi connectivity index (χ0) is 37.8. The summed E-state index contributed by atoms with van der Waals surface area (Å²) in [6, 6.07) is 4.17. The van der Waals surface area contributed by atoms with Crippen LogP contribution in [0.4, 0.5) is 5.82 Å². The molecule has 0 unspecified atom stereocenters. The maximum absolute atomic E-state index is 13.4. The molecular weight excluding hydrogens is 708 g/mol. The van der Waals surface area contributed by atoms with Gasteiger partial charge in [0.25, 0.3) is 16.1 Å². The highest BCUT2D eigenvalue weighted by Gasteiger charge is 2.25. The number of carboxylic acid groups (broad SMARTS) is 2. The molecule has 3 N–H and O–H groups in total. The van der Waals surface area contributed by atoms with Crippen LogP contribution in [0, 0.1) is 20.2 Å². The molecule has 2 heterocycles. The van der Waals surface area contributed by atoms with Crippen LogP contribution in [0.3, 0.4) is 0 Å².